The van der Waals surface area contributed by atoms with Gasteiger partial charge in [0.25, 0.3) is 0 Å². The fraction of sp³-hybridized carbons (Fsp3) is 0.0625. The molecule has 72 heavy (non-hydrogen) atoms. The van der Waals surface area contributed by atoms with E-state index in [0.29, 0.717) is 0 Å². The van der Waals surface area contributed by atoms with Gasteiger partial charge in [0, 0.05) is 0 Å². The van der Waals surface area contributed by atoms with E-state index in [1.165, 1.54) is 85.5 Å². The zero-order chi connectivity index (χ0) is 46.7. The molecule has 0 nitrogen and oxygen atoms in total. The van der Waals surface area contributed by atoms with Gasteiger partial charge in [0.05, 0.1) is 0 Å². The maximum absolute atomic E-state index is 2.35. The maximum atomic E-state index is 2.35. The molecule has 356 valence electrons. The summed E-state index contributed by atoms with van der Waals surface area (Å²) in [6.07, 6.45) is 0. The fourth-order valence-corrected chi connectivity index (χ4v) is 14.8. The third-order valence-corrected chi connectivity index (χ3v) is 19.4. The van der Waals surface area contributed by atoms with Crippen molar-refractivity contribution < 1.29 is 68.2 Å². The summed E-state index contributed by atoms with van der Waals surface area (Å²) in [5, 5.41) is 22.3. The molecule has 12 aromatic carbocycles. The van der Waals surface area contributed by atoms with Gasteiger partial charge in [-0.05, 0) is 63.7 Å². The first-order chi connectivity index (χ1) is 33.4. The molecule has 0 fully saturated rings. The quantitative estimate of drug-likeness (QED) is 0.0815. The molecule has 0 aliphatic rings. The van der Waals surface area contributed by atoms with Crippen LogP contribution in [0.15, 0.2) is 267 Å². The Balaban J connectivity index is 0.000000182. The molecule has 0 saturated carbocycles. The van der Waals surface area contributed by atoms with Gasteiger partial charge in [-0.25, -0.2) is 0 Å². The standard InChI is InChI=1S/2C21H16P.2C11H12P.2ClH.2Ti/c2*1-3-11-19(12-4-1)22(20-13-5-2-6-14-20)21-15-17-9-7-8-10-18(17)16-21;2*1-12(2)11-7-9-5-3-4-6-10(9)8-11;;;;/h2*1-16H;2*3-8H,1-2H3;2*1H;;/q4*-1;;;2*+2/p-2. The predicted molar refractivity (Wildman–Crippen MR) is 312 cm³/mol. The van der Waals surface area contributed by atoms with Crippen LogP contribution in [0.3, 0.4) is 0 Å². The molecular weight excluding hydrogens is 1060 g/mol. The van der Waals surface area contributed by atoms with Crippen molar-refractivity contribution in [2.45, 2.75) is 0 Å². The molecule has 8 heteroatoms. The third-order valence-electron chi connectivity index (χ3n) is 12.0. The molecule has 0 aliphatic heterocycles. The Kier molecular flexibility index (Phi) is 23.8. The SMILES string of the molecule is CP(C)c1cc2ccccc2[cH-]1.CP(C)c1cc2ccccc2[cH-]1.[Cl-].[Cl-].[Ti+2].[Ti+2].c1ccc(P(c2ccccc2)c2cc3ccccc3[cH-]2)cc1.c1ccc(P(c2ccccc2)c2cc3ccccc3[cH-]2)cc1. The summed E-state index contributed by atoms with van der Waals surface area (Å²) in [6.45, 7) is 9.18. The number of hydrogen-bond donors (Lipinski definition) is 0. The molecule has 0 saturated heterocycles. The van der Waals surface area contributed by atoms with Crippen molar-refractivity contribution in [2.75, 3.05) is 26.7 Å². The van der Waals surface area contributed by atoms with Gasteiger partial charge in [-0.1, -0.05) is 146 Å². The van der Waals surface area contributed by atoms with Crippen molar-refractivity contribution in [1.82, 2.24) is 0 Å². The van der Waals surface area contributed by atoms with E-state index in [9.17, 15) is 0 Å². The summed E-state index contributed by atoms with van der Waals surface area (Å²) in [4.78, 5) is 0. The fourth-order valence-electron chi connectivity index (χ4n) is 8.51. The second-order valence-electron chi connectivity index (χ2n) is 17.2. The van der Waals surface area contributed by atoms with Crippen LogP contribution in [-0.4, -0.2) is 26.7 Å². The van der Waals surface area contributed by atoms with Gasteiger partial charge in [0.2, 0.25) is 0 Å². The van der Waals surface area contributed by atoms with Crippen LogP contribution in [0.1, 0.15) is 0 Å². The Bertz CT molecular complexity index is 2990. The van der Waals surface area contributed by atoms with Gasteiger partial charge in [0.1, 0.15) is 0 Å². The molecule has 0 unspecified atom stereocenters. The van der Waals surface area contributed by atoms with Crippen molar-refractivity contribution in [3.05, 3.63) is 267 Å². The van der Waals surface area contributed by atoms with E-state index < -0.39 is 15.8 Å². The Morgan fingerprint density at radius 2 is 0.444 bits per heavy atom. The van der Waals surface area contributed by atoms with Gasteiger partial charge in [-0.3, -0.25) is 0 Å². The normalized spacial score (nSPS) is 10.6. The minimum atomic E-state index is -0.493. The number of rotatable bonds is 8. The Hall–Kier alpha value is -4.07. The van der Waals surface area contributed by atoms with E-state index in [-0.39, 0.29) is 84.1 Å². The smallest absolute Gasteiger partial charge is 1.00 e. The summed E-state index contributed by atoms with van der Waals surface area (Å²) in [5.41, 5.74) is 0. The number of halogens is 2. The van der Waals surface area contributed by atoms with Crippen molar-refractivity contribution >= 4 is 117 Å². The first-order valence-corrected chi connectivity index (χ1v) is 30.3. The van der Waals surface area contributed by atoms with Gasteiger partial charge in [0.15, 0.2) is 0 Å². The van der Waals surface area contributed by atoms with Crippen LogP contribution >= 0.6 is 31.7 Å². The minimum Gasteiger partial charge on any atom is -1.00 e. The average Bonchev–Trinajstić information content (AvgIpc) is 4.21. The first-order valence-electron chi connectivity index (χ1n) is 23.1. The molecule has 0 aliphatic carbocycles. The van der Waals surface area contributed by atoms with Crippen molar-refractivity contribution in [3.8, 4) is 0 Å². The minimum absolute atomic E-state index is 0. The monoisotopic (exact) mass is 1110 g/mol. The van der Waals surface area contributed by atoms with Crippen LogP contribution in [0.25, 0.3) is 43.1 Å². The number of hydrogen-bond acceptors (Lipinski definition) is 0. The van der Waals surface area contributed by atoms with Crippen molar-refractivity contribution in [1.29, 1.82) is 0 Å². The van der Waals surface area contributed by atoms with Crippen LogP contribution in [0.4, 0.5) is 0 Å². The van der Waals surface area contributed by atoms with Crippen LogP contribution in [0.2, 0.25) is 0 Å². The number of benzene rings is 8. The summed E-state index contributed by atoms with van der Waals surface area (Å²) in [7, 11) is -0.870. The summed E-state index contributed by atoms with van der Waals surface area (Å²) in [6, 6.07) is 96.3. The molecule has 0 N–H and O–H groups in total. The molecule has 0 bridgehead atoms. The van der Waals surface area contributed by atoms with Gasteiger partial charge in [-0.15, -0.1) is 177 Å². The van der Waals surface area contributed by atoms with E-state index in [1.54, 1.807) is 0 Å². The van der Waals surface area contributed by atoms with E-state index in [1.807, 2.05) is 0 Å². The Morgan fingerprint density at radius 3 is 0.667 bits per heavy atom. The van der Waals surface area contributed by atoms with Crippen LogP contribution in [0.5, 0.6) is 0 Å². The van der Waals surface area contributed by atoms with Crippen molar-refractivity contribution in [2.24, 2.45) is 0 Å². The van der Waals surface area contributed by atoms with E-state index in [2.05, 4.69) is 294 Å². The molecule has 0 amide bonds. The average molecular weight is 1120 g/mol. The molecule has 0 spiro atoms. The zero-order valence-corrected chi connectivity index (χ0v) is 49.2. The van der Waals surface area contributed by atoms with Crippen LogP contribution < -0.4 is 67.3 Å². The molecular formula is C64H56Cl2P4Ti2-2. The molecule has 0 atom stereocenters. The van der Waals surface area contributed by atoms with E-state index >= 15 is 0 Å². The van der Waals surface area contributed by atoms with Crippen molar-refractivity contribution in [3.63, 3.8) is 0 Å². The maximum Gasteiger partial charge on any atom is 2.00 e. The summed E-state index contributed by atoms with van der Waals surface area (Å²) in [5.74, 6) is 0. The summed E-state index contributed by atoms with van der Waals surface area (Å²) >= 11 is 0. The second kappa shape index (κ2) is 29.1. The Morgan fingerprint density at radius 1 is 0.250 bits per heavy atom. The number of fused-ring (bicyclic) bond motifs is 4. The van der Waals surface area contributed by atoms with Gasteiger partial charge < -0.3 is 24.8 Å². The third kappa shape index (κ3) is 15.0. The Labute approximate surface area is 474 Å². The first kappa shape index (κ1) is 58.8. The van der Waals surface area contributed by atoms with E-state index in [0.717, 1.165) is 0 Å². The molecule has 12 aromatic rings. The topological polar surface area (TPSA) is 0 Å². The molecule has 0 heterocycles. The molecule has 12 rings (SSSR count). The van der Waals surface area contributed by atoms with Gasteiger partial charge >= 0.3 is 43.4 Å². The second-order valence-corrected chi connectivity index (χ2v) is 26.2. The predicted octanol–water partition coefficient (Wildman–Crippen LogP) is 8.49. The van der Waals surface area contributed by atoms with Crippen LogP contribution in [0, 0.1) is 0 Å². The molecule has 0 radical (unpaired) electrons. The summed E-state index contributed by atoms with van der Waals surface area (Å²) < 4.78 is 0. The van der Waals surface area contributed by atoms with Crippen LogP contribution in [-0.2, 0) is 43.4 Å². The van der Waals surface area contributed by atoms with Gasteiger partial charge in [-0.2, -0.15) is 24.3 Å². The molecule has 0 aromatic heterocycles. The zero-order valence-electron chi connectivity index (χ0n) is 40.9. The van der Waals surface area contributed by atoms with E-state index in [4.69, 9.17) is 0 Å². The largest absolute Gasteiger partial charge is 2.00 e.